The minimum Gasteiger partial charge on any atom is -0.496 e. The molecule has 0 radical (unpaired) electrons. The minimum absolute atomic E-state index is 0.221. The highest BCUT2D eigenvalue weighted by molar-refractivity contribution is 5.94. The van der Waals surface area contributed by atoms with Crippen LogP contribution in [0.4, 0.5) is 11.4 Å². The maximum absolute atomic E-state index is 11.3. The maximum atomic E-state index is 11.3. The van der Waals surface area contributed by atoms with Gasteiger partial charge in [0.25, 0.3) is 0 Å². The molecule has 1 unspecified atom stereocenters. The van der Waals surface area contributed by atoms with Crippen molar-refractivity contribution in [2.24, 2.45) is 5.92 Å². The number of nitrogens with one attached hydrogen (secondary N) is 1. The zero-order valence-corrected chi connectivity index (χ0v) is 17.9. The first-order valence-corrected chi connectivity index (χ1v) is 10.1. The Labute approximate surface area is 181 Å². The van der Waals surface area contributed by atoms with E-state index in [0.717, 1.165) is 40.0 Å². The van der Waals surface area contributed by atoms with Gasteiger partial charge in [-0.2, -0.15) is 5.26 Å². The number of nitrogens with zero attached hydrogens (tertiary/aromatic N) is 3. The number of carbonyl (C=O) groups is 1. The molecule has 2 N–H and O–H groups in total. The fraction of sp³-hybridized carbons (Fsp3) is 0.292. The molecule has 7 heteroatoms. The van der Waals surface area contributed by atoms with Crippen molar-refractivity contribution in [3.05, 3.63) is 59.8 Å². The van der Waals surface area contributed by atoms with Crippen LogP contribution in [-0.4, -0.2) is 30.3 Å². The molecule has 1 amide bonds. The molecule has 0 saturated carbocycles. The number of hydrogen-bond donors (Lipinski definition) is 2. The number of ether oxygens (including phenoxy) is 1. The van der Waals surface area contributed by atoms with E-state index in [0.29, 0.717) is 12.1 Å². The van der Waals surface area contributed by atoms with Crippen molar-refractivity contribution in [2.75, 3.05) is 19.1 Å². The molecule has 3 aromatic rings. The van der Waals surface area contributed by atoms with Gasteiger partial charge >= 0.3 is 0 Å². The summed E-state index contributed by atoms with van der Waals surface area (Å²) in [7, 11) is 3.60. The number of hydroxylamine groups is 1. The number of amides is 1. The summed E-state index contributed by atoms with van der Waals surface area (Å²) in [6.45, 7) is 2.07. The SMILES string of the molecule is COc1ccc(N(C)c2cc(C#N)nc3ccccc23)cc1CC(C)CCC(=O)NO. The molecule has 1 atom stereocenters. The van der Waals surface area contributed by atoms with Gasteiger partial charge in [-0.1, -0.05) is 25.1 Å². The fourth-order valence-electron chi connectivity index (χ4n) is 3.67. The zero-order valence-electron chi connectivity index (χ0n) is 17.9. The van der Waals surface area contributed by atoms with Crippen molar-refractivity contribution in [1.82, 2.24) is 10.5 Å². The number of benzene rings is 2. The summed E-state index contributed by atoms with van der Waals surface area (Å²) in [4.78, 5) is 17.8. The number of anilines is 2. The van der Waals surface area contributed by atoms with Crippen LogP contribution in [0.3, 0.4) is 0 Å². The third-order valence-electron chi connectivity index (χ3n) is 5.38. The van der Waals surface area contributed by atoms with Crippen molar-refractivity contribution in [3.8, 4) is 11.8 Å². The lowest BCUT2D eigenvalue weighted by molar-refractivity contribution is -0.129. The second-order valence-electron chi connectivity index (χ2n) is 7.59. The van der Waals surface area contributed by atoms with E-state index in [1.54, 1.807) is 18.7 Å². The van der Waals surface area contributed by atoms with Crippen molar-refractivity contribution in [1.29, 1.82) is 5.26 Å². The maximum Gasteiger partial charge on any atom is 0.243 e. The summed E-state index contributed by atoms with van der Waals surface area (Å²) in [6.07, 6.45) is 1.64. The Morgan fingerprint density at radius 1 is 1.29 bits per heavy atom. The number of pyridine rings is 1. The van der Waals surface area contributed by atoms with Crippen LogP contribution in [0.5, 0.6) is 5.75 Å². The molecular weight excluding hydrogens is 392 g/mol. The monoisotopic (exact) mass is 418 g/mol. The van der Waals surface area contributed by atoms with Gasteiger partial charge in [-0.15, -0.1) is 0 Å². The van der Waals surface area contributed by atoms with Crippen LogP contribution in [0.1, 0.15) is 31.0 Å². The molecule has 160 valence electrons. The van der Waals surface area contributed by atoms with E-state index in [-0.39, 0.29) is 18.2 Å². The average molecular weight is 418 g/mol. The van der Waals surface area contributed by atoms with E-state index in [4.69, 9.17) is 9.94 Å². The number of para-hydroxylation sites is 1. The van der Waals surface area contributed by atoms with Crippen LogP contribution in [0.2, 0.25) is 0 Å². The van der Waals surface area contributed by atoms with E-state index < -0.39 is 0 Å². The molecule has 2 aromatic carbocycles. The van der Waals surface area contributed by atoms with Gasteiger partial charge in [0, 0.05) is 24.5 Å². The van der Waals surface area contributed by atoms with E-state index >= 15 is 0 Å². The third-order valence-corrected chi connectivity index (χ3v) is 5.38. The normalized spacial score (nSPS) is 11.6. The Bertz CT molecular complexity index is 1120. The summed E-state index contributed by atoms with van der Waals surface area (Å²) < 4.78 is 5.55. The first-order valence-electron chi connectivity index (χ1n) is 10.1. The fourth-order valence-corrected chi connectivity index (χ4v) is 3.67. The highest BCUT2D eigenvalue weighted by Gasteiger charge is 2.15. The van der Waals surface area contributed by atoms with Gasteiger partial charge < -0.3 is 9.64 Å². The van der Waals surface area contributed by atoms with Gasteiger partial charge in [0.1, 0.15) is 17.5 Å². The smallest absolute Gasteiger partial charge is 0.243 e. The van der Waals surface area contributed by atoms with Crippen molar-refractivity contribution >= 4 is 28.2 Å². The molecule has 0 spiro atoms. The summed E-state index contributed by atoms with van der Waals surface area (Å²) in [5.74, 6) is 0.622. The van der Waals surface area contributed by atoms with Crippen molar-refractivity contribution in [2.45, 2.75) is 26.2 Å². The third kappa shape index (κ3) is 5.11. The Morgan fingerprint density at radius 2 is 2.06 bits per heavy atom. The van der Waals surface area contributed by atoms with Gasteiger partial charge in [0.05, 0.1) is 18.3 Å². The van der Waals surface area contributed by atoms with E-state index in [2.05, 4.69) is 24.0 Å². The second kappa shape index (κ2) is 9.92. The Kier molecular flexibility index (Phi) is 7.06. The highest BCUT2D eigenvalue weighted by Crippen LogP contribution is 2.34. The average Bonchev–Trinajstić information content (AvgIpc) is 2.81. The molecule has 0 bridgehead atoms. The van der Waals surface area contributed by atoms with E-state index in [1.165, 1.54) is 0 Å². The molecule has 31 heavy (non-hydrogen) atoms. The molecule has 7 nitrogen and oxygen atoms in total. The lowest BCUT2D eigenvalue weighted by Gasteiger charge is -2.23. The van der Waals surface area contributed by atoms with E-state index in [1.807, 2.05) is 48.3 Å². The van der Waals surface area contributed by atoms with Gasteiger partial charge in [-0.3, -0.25) is 10.0 Å². The largest absolute Gasteiger partial charge is 0.496 e. The number of hydrogen-bond acceptors (Lipinski definition) is 6. The summed E-state index contributed by atoms with van der Waals surface area (Å²) in [6, 6.07) is 17.7. The standard InChI is InChI=1S/C24H26N4O3/c1-16(8-11-24(29)27-30)12-17-13-19(9-10-23(17)31-3)28(2)22-14-18(15-25)26-21-7-5-4-6-20(21)22/h4-7,9-10,13-14,16,30H,8,11-12H2,1-3H3,(H,27,29). The van der Waals surface area contributed by atoms with Crippen LogP contribution in [0, 0.1) is 17.2 Å². The molecule has 3 rings (SSSR count). The summed E-state index contributed by atoms with van der Waals surface area (Å²) in [5.41, 5.74) is 5.69. The quantitative estimate of drug-likeness (QED) is 0.417. The van der Waals surface area contributed by atoms with Crippen molar-refractivity contribution in [3.63, 3.8) is 0 Å². The van der Waals surface area contributed by atoms with Crippen molar-refractivity contribution < 1.29 is 14.7 Å². The molecule has 1 aromatic heterocycles. The van der Waals surface area contributed by atoms with Gasteiger partial charge in [0.2, 0.25) is 5.91 Å². The van der Waals surface area contributed by atoms with Crippen LogP contribution in [0.25, 0.3) is 10.9 Å². The molecule has 1 heterocycles. The molecule has 0 saturated heterocycles. The van der Waals surface area contributed by atoms with Crippen LogP contribution < -0.4 is 15.1 Å². The lowest BCUT2D eigenvalue weighted by atomic mass is 9.95. The Balaban J connectivity index is 1.93. The zero-order chi connectivity index (χ0) is 22.4. The highest BCUT2D eigenvalue weighted by atomic mass is 16.5. The van der Waals surface area contributed by atoms with Gasteiger partial charge in [0.15, 0.2) is 0 Å². The molecular formula is C24H26N4O3. The number of rotatable bonds is 8. The Hall–Kier alpha value is -3.63. The summed E-state index contributed by atoms with van der Waals surface area (Å²) >= 11 is 0. The van der Waals surface area contributed by atoms with Gasteiger partial charge in [-0.05, 0) is 54.7 Å². The number of nitriles is 1. The van der Waals surface area contributed by atoms with Gasteiger partial charge in [-0.25, -0.2) is 10.5 Å². The second-order valence-corrected chi connectivity index (χ2v) is 7.59. The van der Waals surface area contributed by atoms with Crippen LogP contribution in [0.15, 0.2) is 48.5 Å². The first kappa shape index (κ1) is 22.1. The Morgan fingerprint density at radius 3 is 2.77 bits per heavy atom. The number of fused-ring (bicyclic) bond motifs is 1. The molecule has 0 aliphatic carbocycles. The predicted molar refractivity (Wildman–Crippen MR) is 120 cm³/mol. The summed E-state index contributed by atoms with van der Waals surface area (Å²) in [5, 5.41) is 19.1. The number of aromatic nitrogens is 1. The van der Waals surface area contributed by atoms with Crippen LogP contribution in [-0.2, 0) is 11.2 Å². The predicted octanol–water partition coefficient (Wildman–Crippen LogP) is 4.35. The number of carbonyl (C=O) groups excluding carboxylic acids is 1. The molecule has 0 aliphatic rings. The topological polar surface area (TPSA) is 98.5 Å². The molecule has 0 fully saturated rings. The minimum atomic E-state index is -0.384. The van der Waals surface area contributed by atoms with E-state index in [9.17, 15) is 10.1 Å². The number of methoxy groups -OCH3 is 1. The first-order chi connectivity index (χ1) is 15.0. The lowest BCUT2D eigenvalue weighted by Crippen LogP contribution is -2.19. The molecule has 0 aliphatic heterocycles. The van der Waals surface area contributed by atoms with Crippen LogP contribution >= 0.6 is 0 Å².